The van der Waals surface area contributed by atoms with Crippen LogP contribution in [0.15, 0.2) is 0 Å². The second-order valence-electron chi connectivity index (χ2n) is 3.83. The highest BCUT2D eigenvalue weighted by atomic mass is 16.5. The molecule has 16 heavy (non-hydrogen) atoms. The van der Waals surface area contributed by atoms with E-state index in [1.54, 1.807) is 28.2 Å². The summed E-state index contributed by atoms with van der Waals surface area (Å²) in [5.41, 5.74) is 0. The van der Waals surface area contributed by atoms with E-state index in [0.717, 1.165) is 6.54 Å². The van der Waals surface area contributed by atoms with Crippen LogP contribution in [0.1, 0.15) is 45.0 Å². The third-order valence-electron chi connectivity index (χ3n) is 1.54. The summed E-state index contributed by atoms with van der Waals surface area (Å²) in [7, 11) is 6.72. The van der Waals surface area contributed by atoms with Crippen LogP contribution in [0.5, 0.6) is 0 Å². The summed E-state index contributed by atoms with van der Waals surface area (Å²) in [6.07, 6.45) is 0. The normalized spacial score (nSPS) is 9.00. The first-order valence-corrected chi connectivity index (χ1v) is 4.22. The van der Waals surface area contributed by atoms with Gasteiger partial charge in [-0.2, -0.15) is 4.65 Å². The SMILES string of the molecule is C.C.C.C.CC[N+](C)(C)O.CC[N+](C)(C)[O-].[H+]. The lowest BCUT2D eigenvalue weighted by Crippen LogP contribution is -2.34. The largest absolute Gasteiger partial charge is 1.00 e. The van der Waals surface area contributed by atoms with E-state index in [2.05, 4.69) is 0 Å². The van der Waals surface area contributed by atoms with Crippen LogP contribution in [0.4, 0.5) is 0 Å². The molecular weight excluding hydrogens is 204 g/mol. The maximum absolute atomic E-state index is 10.4. The molecule has 0 aliphatic carbocycles. The van der Waals surface area contributed by atoms with Crippen LogP contribution in [-0.4, -0.2) is 55.8 Å². The highest BCUT2D eigenvalue weighted by molar-refractivity contribution is 4.17. The average Bonchev–Trinajstić information content (AvgIpc) is 1.86. The van der Waals surface area contributed by atoms with Crippen LogP contribution in [0.25, 0.3) is 0 Å². The van der Waals surface area contributed by atoms with Crippen molar-refractivity contribution in [3.63, 3.8) is 0 Å². The van der Waals surface area contributed by atoms with E-state index in [-0.39, 0.29) is 40.4 Å². The Morgan fingerprint density at radius 2 is 1.00 bits per heavy atom. The topological polar surface area (TPSA) is 43.3 Å². The molecular formula is C12H40N2O2+2. The van der Waals surface area contributed by atoms with E-state index in [1.807, 2.05) is 13.8 Å². The molecule has 0 rings (SSSR count). The molecule has 0 bridgehead atoms. The molecule has 1 N–H and O–H groups in total. The summed E-state index contributed by atoms with van der Waals surface area (Å²) in [4.78, 5) is 0. The fourth-order valence-electron chi connectivity index (χ4n) is 0. The summed E-state index contributed by atoms with van der Waals surface area (Å²) >= 11 is 0. The van der Waals surface area contributed by atoms with Crippen molar-refractivity contribution < 1.29 is 15.9 Å². The van der Waals surface area contributed by atoms with Crippen molar-refractivity contribution in [3.05, 3.63) is 5.21 Å². The molecule has 0 aliphatic heterocycles. The Labute approximate surface area is 107 Å². The van der Waals surface area contributed by atoms with Gasteiger partial charge in [-0.25, -0.2) is 5.21 Å². The molecule has 0 fully saturated rings. The van der Waals surface area contributed by atoms with Crippen LogP contribution >= 0.6 is 0 Å². The van der Waals surface area contributed by atoms with E-state index in [1.165, 1.54) is 0 Å². The Morgan fingerprint density at radius 3 is 1.00 bits per heavy atom. The average molecular weight is 244 g/mol. The Kier molecular flexibility index (Phi) is 33.4. The van der Waals surface area contributed by atoms with Gasteiger partial charge in [-0.1, -0.05) is 29.7 Å². The van der Waals surface area contributed by atoms with Crippen LogP contribution < -0.4 is 0 Å². The van der Waals surface area contributed by atoms with Gasteiger partial charge >= 0.3 is 1.43 Å². The van der Waals surface area contributed by atoms with E-state index >= 15 is 0 Å². The molecule has 4 heteroatoms. The fourth-order valence-corrected chi connectivity index (χ4v) is 0. The van der Waals surface area contributed by atoms with Crippen molar-refractivity contribution in [2.75, 3.05) is 41.3 Å². The number of hydrogen-bond donors (Lipinski definition) is 1. The second-order valence-corrected chi connectivity index (χ2v) is 3.83. The summed E-state index contributed by atoms with van der Waals surface area (Å²) in [6.45, 7) is 5.22. The molecule has 0 aromatic carbocycles. The lowest BCUT2D eigenvalue weighted by atomic mass is 10.7. The number of hydroxylamine groups is 6. The van der Waals surface area contributed by atoms with Crippen molar-refractivity contribution in [2.45, 2.75) is 43.6 Å². The van der Waals surface area contributed by atoms with Crippen LogP contribution in [-0.2, 0) is 0 Å². The van der Waals surface area contributed by atoms with Gasteiger partial charge in [0.2, 0.25) is 0 Å². The quantitative estimate of drug-likeness (QED) is 0.594. The zero-order chi connectivity index (χ0) is 10.4. The molecule has 108 valence electrons. The number of rotatable bonds is 2. The third-order valence-corrected chi connectivity index (χ3v) is 1.54. The first-order valence-electron chi connectivity index (χ1n) is 4.22. The summed E-state index contributed by atoms with van der Waals surface area (Å²) in [6, 6.07) is 0. The van der Waals surface area contributed by atoms with Gasteiger partial charge in [0.15, 0.2) is 0 Å². The van der Waals surface area contributed by atoms with Gasteiger partial charge in [0.05, 0.1) is 34.7 Å². The summed E-state index contributed by atoms with van der Waals surface area (Å²) in [5, 5.41) is 19.2. The molecule has 0 atom stereocenters. The Hall–Kier alpha value is -0.160. The standard InChI is InChI=1S/C4H12NO.C4H11NO.4CH4/c2*1-4-5(2,3)6;;;;/h6H,4H2,1-3H3;4H2,1-3H3;4*1H4/q+1;;;;;/p+1. The zero-order valence-corrected chi connectivity index (χ0v) is 9.16. The van der Waals surface area contributed by atoms with E-state index in [0.29, 0.717) is 6.54 Å². The van der Waals surface area contributed by atoms with Gasteiger partial charge in [-0.05, 0) is 13.8 Å². The number of hydrogen-bond acceptors (Lipinski definition) is 2. The molecule has 0 amide bonds. The molecule has 0 aromatic rings. The monoisotopic (exact) mass is 244 g/mol. The van der Waals surface area contributed by atoms with Crippen molar-refractivity contribution in [3.8, 4) is 0 Å². The lowest BCUT2D eigenvalue weighted by molar-refractivity contribution is -1.07. The van der Waals surface area contributed by atoms with E-state index in [9.17, 15) is 5.21 Å². The van der Waals surface area contributed by atoms with Gasteiger partial charge in [-0.15, -0.1) is 0 Å². The minimum Gasteiger partial charge on any atom is -0.633 e. The second kappa shape index (κ2) is 14.8. The van der Waals surface area contributed by atoms with E-state index in [4.69, 9.17) is 5.21 Å². The molecule has 0 spiro atoms. The Morgan fingerprint density at radius 1 is 0.875 bits per heavy atom. The molecule has 0 heterocycles. The molecule has 0 saturated carbocycles. The molecule has 0 aromatic heterocycles. The summed E-state index contributed by atoms with van der Waals surface area (Å²) in [5.74, 6) is 0. The predicted molar refractivity (Wildman–Crippen MR) is 78.5 cm³/mol. The van der Waals surface area contributed by atoms with Crippen molar-refractivity contribution >= 4 is 0 Å². The number of nitrogens with zero attached hydrogens (tertiary/aromatic N) is 2. The highest BCUT2D eigenvalue weighted by Gasteiger charge is 2.02. The van der Waals surface area contributed by atoms with E-state index < -0.39 is 0 Å². The highest BCUT2D eigenvalue weighted by Crippen LogP contribution is 1.86. The third kappa shape index (κ3) is 66.9. The molecule has 4 nitrogen and oxygen atoms in total. The molecule has 0 radical (unpaired) electrons. The predicted octanol–water partition coefficient (Wildman–Crippen LogP) is 3.71. The molecule has 0 aliphatic rings. The van der Waals surface area contributed by atoms with Gasteiger partial charge in [0, 0.05) is 0 Å². The molecule has 0 unspecified atom stereocenters. The maximum atomic E-state index is 10.4. The molecule has 0 saturated heterocycles. The van der Waals surface area contributed by atoms with Crippen molar-refractivity contribution in [2.24, 2.45) is 0 Å². The van der Waals surface area contributed by atoms with Gasteiger partial charge in [-0.3, -0.25) is 0 Å². The minimum atomic E-state index is -0.181. The van der Waals surface area contributed by atoms with Crippen molar-refractivity contribution in [1.29, 1.82) is 0 Å². The van der Waals surface area contributed by atoms with Crippen LogP contribution in [0.3, 0.4) is 0 Å². The van der Waals surface area contributed by atoms with Gasteiger partial charge < -0.3 is 9.85 Å². The minimum absolute atomic E-state index is 0. The first-order chi connectivity index (χ1) is 5.12. The summed E-state index contributed by atoms with van der Waals surface area (Å²) < 4.78 is -0.111. The number of quaternary nitrogens is 2. The lowest BCUT2D eigenvalue weighted by Gasteiger charge is -2.31. The fraction of sp³-hybridized carbons (Fsp3) is 1.00. The smallest absolute Gasteiger partial charge is 0.633 e. The van der Waals surface area contributed by atoms with Gasteiger partial charge in [0.25, 0.3) is 0 Å². The maximum Gasteiger partial charge on any atom is 1.00 e. The zero-order valence-electron chi connectivity index (χ0n) is 10.2. The van der Waals surface area contributed by atoms with Crippen LogP contribution in [0.2, 0.25) is 0 Å². The van der Waals surface area contributed by atoms with Gasteiger partial charge in [0.1, 0.15) is 6.54 Å². The first kappa shape index (κ1) is 36.0. The van der Waals surface area contributed by atoms with Crippen molar-refractivity contribution in [1.82, 2.24) is 0 Å². The Balaban J connectivity index is -0.0000000182. The Bertz CT molecular complexity index is 96.1. The van der Waals surface area contributed by atoms with Crippen LogP contribution in [0, 0.1) is 5.21 Å².